The summed E-state index contributed by atoms with van der Waals surface area (Å²) in [6.45, 7) is 0. The van der Waals surface area contributed by atoms with Gasteiger partial charge in [-0.1, -0.05) is 18.2 Å². The Kier molecular flexibility index (Phi) is 2.82. The maximum absolute atomic E-state index is 11.9. The zero-order valence-electron chi connectivity index (χ0n) is 9.56. The average Bonchev–Trinajstić information content (AvgIpc) is 2.35. The lowest BCUT2D eigenvalue weighted by Gasteiger charge is -2.09. The van der Waals surface area contributed by atoms with Crippen molar-refractivity contribution in [3.05, 3.63) is 40.8 Å². The third kappa shape index (κ3) is 1.99. The van der Waals surface area contributed by atoms with E-state index >= 15 is 0 Å². The number of amides is 1. The minimum absolute atomic E-state index is 0.101. The van der Waals surface area contributed by atoms with Crippen molar-refractivity contribution in [2.75, 3.05) is 12.4 Å². The van der Waals surface area contributed by atoms with Crippen molar-refractivity contribution in [2.45, 2.75) is 0 Å². The van der Waals surface area contributed by atoms with Gasteiger partial charge in [-0.05, 0) is 6.07 Å². The van der Waals surface area contributed by atoms with Crippen LogP contribution in [0.25, 0.3) is 10.8 Å². The van der Waals surface area contributed by atoms with Crippen LogP contribution >= 0.6 is 0 Å². The summed E-state index contributed by atoms with van der Waals surface area (Å²) in [7, 11) is 2.93. The molecular formula is C12H12N2O3. The highest BCUT2D eigenvalue weighted by Crippen LogP contribution is 2.19. The third-order valence-electron chi connectivity index (χ3n) is 2.51. The number of aromatic nitrogens is 1. The molecule has 2 aromatic rings. The quantitative estimate of drug-likeness (QED) is 0.814. The minimum Gasteiger partial charge on any atom is -0.453 e. The summed E-state index contributed by atoms with van der Waals surface area (Å²) in [5.41, 5.74) is 0.450. The van der Waals surface area contributed by atoms with Gasteiger partial charge in [-0.15, -0.1) is 0 Å². The maximum Gasteiger partial charge on any atom is 0.411 e. The molecule has 1 N–H and O–H groups in total. The summed E-state index contributed by atoms with van der Waals surface area (Å²) >= 11 is 0. The number of methoxy groups -OCH3 is 1. The molecule has 0 atom stereocenters. The van der Waals surface area contributed by atoms with Gasteiger partial charge in [0.25, 0.3) is 5.56 Å². The number of anilines is 1. The largest absolute Gasteiger partial charge is 0.453 e. The van der Waals surface area contributed by atoms with Crippen molar-refractivity contribution in [3.8, 4) is 0 Å². The summed E-state index contributed by atoms with van der Waals surface area (Å²) < 4.78 is 5.96. The van der Waals surface area contributed by atoms with E-state index in [4.69, 9.17) is 0 Å². The molecule has 0 aliphatic heterocycles. The van der Waals surface area contributed by atoms with Crippen molar-refractivity contribution in [2.24, 2.45) is 7.05 Å². The van der Waals surface area contributed by atoms with E-state index in [1.54, 1.807) is 31.4 Å². The van der Waals surface area contributed by atoms with Crippen LogP contribution in [0.3, 0.4) is 0 Å². The molecule has 0 aliphatic rings. The first-order valence-corrected chi connectivity index (χ1v) is 5.07. The molecule has 0 radical (unpaired) electrons. The lowest BCUT2D eigenvalue weighted by atomic mass is 10.1. The van der Waals surface area contributed by atoms with E-state index in [-0.39, 0.29) is 5.56 Å². The van der Waals surface area contributed by atoms with Crippen LogP contribution in [0.2, 0.25) is 0 Å². The van der Waals surface area contributed by atoms with E-state index in [1.165, 1.54) is 11.7 Å². The number of nitrogens with zero attached hydrogens (tertiary/aromatic N) is 1. The molecular weight excluding hydrogens is 220 g/mol. The second-order valence-corrected chi connectivity index (χ2v) is 3.62. The normalized spacial score (nSPS) is 10.2. The van der Waals surface area contributed by atoms with E-state index < -0.39 is 6.09 Å². The molecule has 0 unspecified atom stereocenters. The topological polar surface area (TPSA) is 60.3 Å². The fourth-order valence-electron chi connectivity index (χ4n) is 1.68. The molecule has 0 bridgehead atoms. The van der Waals surface area contributed by atoms with Gasteiger partial charge in [-0.2, -0.15) is 0 Å². The number of aryl methyl sites for hydroxylation is 1. The smallest absolute Gasteiger partial charge is 0.411 e. The summed E-state index contributed by atoms with van der Waals surface area (Å²) in [5.74, 6) is 0. The molecule has 0 spiro atoms. The van der Waals surface area contributed by atoms with Crippen LogP contribution in [0.5, 0.6) is 0 Å². The molecule has 5 nitrogen and oxygen atoms in total. The highest BCUT2D eigenvalue weighted by molar-refractivity contribution is 5.99. The molecule has 1 aromatic carbocycles. The number of ether oxygens (including phenoxy) is 1. The molecule has 0 saturated carbocycles. The monoisotopic (exact) mass is 232 g/mol. The number of pyridine rings is 1. The number of rotatable bonds is 1. The number of hydrogen-bond acceptors (Lipinski definition) is 3. The van der Waals surface area contributed by atoms with Gasteiger partial charge in [0.2, 0.25) is 0 Å². The highest BCUT2D eigenvalue weighted by Gasteiger charge is 2.08. The van der Waals surface area contributed by atoms with E-state index in [9.17, 15) is 9.59 Å². The van der Waals surface area contributed by atoms with Crippen molar-refractivity contribution in [1.82, 2.24) is 4.57 Å². The van der Waals surface area contributed by atoms with Crippen molar-refractivity contribution in [1.29, 1.82) is 0 Å². The van der Waals surface area contributed by atoms with Crippen LogP contribution in [-0.4, -0.2) is 17.8 Å². The number of fused-ring (bicyclic) bond motifs is 1. The predicted molar refractivity (Wildman–Crippen MR) is 65.2 cm³/mol. The Balaban J connectivity index is 2.67. The molecule has 0 aliphatic carbocycles. The van der Waals surface area contributed by atoms with E-state index in [0.29, 0.717) is 16.5 Å². The number of hydrogen-bond donors (Lipinski definition) is 1. The Labute approximate surface area is 97.6 Å². The van der Waals surface area contributed by atoms with Crippen LogP contribution in [0, 0.1) is 0 Å². The fourth-order valence-corrected chi connectivity index (χ4v) is 1.68. The van der Waals surface area contributed by atoms with Gasteiger partial charge in [-0.25, -0.2) is 4.79 Å². The molecule has 17 heavy (non-hydrogen) atoms. The van der Waals surface area contributed by atoms with Gasteiger partial charge in [0.15, 0.2) is 0 Å². The van der Waals surface area contributed by atoms with E-state index in [0.717, 1.165) is 0 Å². The molecule has 88 valence electrons. The molecule has 5 heteroatoms. The lowest BCUT2D eigenvalue weighted by Crippen LogP contribution is -2.19. The first kappa shape index (κ1) is 11.2. The van der Waals surface area contributed by atoms with E-state index in [2.05, 4.69) is 10.1 Å². The first-order valence-electron chi connectivity index (χ1n) is 5.07. The van der Waals surface area contributed by atoms with Crippen molar-refractivity contribution in [3.63, 3.8) is 0 Å². The molecule has 2 rings (SSSR count). The van der Waals surface area contributed by atoms with Crippen molar-refractivity contribution < 1.29 is 9.53 Å². The fraction of sp³-hybridized carbons (Fsp3) is 0.167. The van der Waals surface area contributed by atoms with Gasteiger partial charge in [0, 0.05) is 24.0 Å². The lowest BCUT2D eigenvalue weighted by molar-refractivity contribution is 0.187. The van der Waals surface area contributed by atoms with Crippen LogP contribution < -0.4 is 10.9 Å². The SMILES string of the molecule is COC(=O)Nc1cn(C)c(=O)c2ccccc12. The van der Waals surface area contributed by atoms with Gasteiger partial charge < -0.3 is 9.30 Å². The molecule has 1 amide bonds. The zero-order chi connectivity index (χ0) is 12.4. The molecule has 1 aromatic heterocycles. The zero-order valence-corrected chi connectivity index (χ0v) is 9.56. The number of nitrogens with one attached hydrogen (secondary N) is 1. The minimum atomic E-state index is -0.561. The van der Waals surface area contributed by atoms with Crippen LogP contribution in [0.15, 0.2) is 35.3 Å². The Morgan fingerprint density at radius 1 is 1.29 bits per heavy atom. The Morgan fingerprint density at radius 2 is 1.94 bits per heavy atom. The van der Waals surface area contributed by atoms with E-state index in [1.807, 2.05) is 6.07 Å². The molecule has 0 fully saturated rings. The van der Waals surface area contributed by atoms with Gasteiger partial charge in [-0.3, -0.25) is 10.1 Å². The predicted octanol–water partition coefficient (Wildman–Crippen LogP) is 1.72. The first-order chi connectivity index (χ1) is 8.13. The van der Waals surface area contributed by atoms with Crippen LogP contribution in [-0.2, 0) is 11.8 Å². The summed E-state index contributed by atoms with van der Waals surface area (Å²) in [6.07, 6.45) is 1.01. The molecule has 0 saturated heterocycles. The van der Waals surface area contributed by atoms with Gasteiger partial charge >= 0.3 is 6.09 Å². The maximum atomic E-state index is 11.9. The average molecular weight is 232 g/mol. The Morgan fingerprint density at radius 3 is 2.59 bits per heavy atom. The molecule has 1 heterocycles. The second kappa shape index (κ2) is 4.29. The standard InChI is InChI=1S/C12H12N2O3/c1-14-7-10(13-12(16)17-2)8-5-3-4-6-9(8)11(14)15/h3-7H,1-2H3,(H,13,16). The summed E-state index contributed by atoms with van der Waals surface area (Å²) in [4.78, 5) is 23.1. The number of benzene rings is 1. The summed E-state index contributed by atoms with van der Waals surface area (Å²) in [5, 5.41) is 3.84. The third-order valence-corrected chi connectivity index (χ3v) is 2.51. The van der Waals surface area contributed by atoms with Gasteiger partial charge in [0.1, 0.15) is 0 Å². The Bertz CT molecular complexity index is 631. The van der Waals surface area contributed by atoms with Gasteiger partial charge in [0.05, 0.1) is 12.8 Å². The highest BCUT2D eigenvalue weighted by atomic mass is 16.5. The number of carbonyl (C=O) groups excluding carboxylic acids is 1. The summed E-state index contributed by atoms with van der Waals surface area (Å²) in [6, 6.07) is 7.10. The number of carbonyl (C=O) groups is 1. The van der Waals surface area contributed by atoms with Crippen LogP contribution in [0.4, 0.5) is 10.5 Å². The van der Waals surface area contributed by atoms with Crippen LogP contribution in [0.1, 0.15) is 0 Å². The van der Waals surface area contributed by atoms with Crippen molar-refractivity contribution >= 4 is 22.6 Å². The second-order valence-electron chi connectivity index (χ2n) is 3.62. The Hall–Kier alpha value is -2.30.